The number of furan rings is 1. The summed E-state index contributed by atoms with van der Waals surface area (Å²) in [6.45, 7) is 3.92. The van der Waals surface area contributed by atoms with Crippen LogP contribution < -0.4 is 4.74 Å². The van der Waals surface area contributed by atoms with Gasteiger partial charge >= 0.3 is 0 Å². The molecule has 0 bridgehead atoms. The quantitative estimate of drug-likeness (QED) is 0.680. The molecule has 0 spiro atoms. The monoisotopic (exact) mass is 384 g/mol. The zero-order chi connectivity index (χ0) is 18.8. The van der Waals surface area contributed by atoms with E-state index in [2.05, 4.69) is 17.0 Å². The Morgan fingerprint density at radius 2 is 1.81 bits per heavy atom. The highest BCUT2D eigenvalue weighted by Gasteiger charge is 2.24. The van der Waals surface area contributed by atoms with Crippen LogP contribution in [0, 0.1) is 0 Å². The van der Waals surface area contributed by atoms with Crippen molar-refractivity contribution in [2.75, 3.05) is 33.3 Å². The second kappa shape index (κ2) is 7.62. The molecular formula is C21H21ClN2O3. The van der Waals surface area contributed by atoms with Crippen molar-refractivity contribution in [2.24, 2.45) is 0 Å². The first-order valence-corrected chi connectivity index (χ1v) is 9.34. The fourth-order valence-corrected chi connectivity index (χ4v) is 3.55. The Labute approximate surface area is 163 Å². The molecule has 1 fully saturated rings. The lowest BCUT2D eigenvalue weighted by Crippen LogP contribution is -2.48. The zero-order valence-electron chi connectivity index (χ0n) is 15.2. The Hall–Kier alpha value is -2.50. The molecule has 1 aliphatic heterocycles. The number of halogens is 1. The summed E-state index contributed by atoms with van der Waals surface area (Å²) in [5.41, 5.74) is 1.92. The predicted octanol–water partition coefficient (Wildman–Crippen LogP) is 4.05. The average Bonchev–Trinajstić information content (AvgIpc) is 3.12. The van der Waals surface area contributed by atoms with Crippen molar-refractivity contribution in [3.63, 3.8) is 0 Å². The molecule has 0 N–H and O–H groups in total. The van der Waals surface area contributed by atoms with Gasteiger partial charge in [0.1, 0.15) is 11.3 Å². The van der Waals surface area contributed by atoms with Gasteiger partial charge < -0.3 is 14.1 Å². The van der Waals surface area contributed by atoms with E-state index in [1.165, 1.54) is 5.56 Å². The topological polar surface area (TPSA) is 45.9 Å². The maximum Gasteiger partial charge on any atom is 0.289 e. The first-order valence-electron chi connectivity index (χ1n) is 8.96. The van der Waals surface area contributed by atoms with E-state index in [-0.39, 0.29) is 5.91 Å². The molecule has 5 nitrogen and oxygen atoms in total. The van der Waals surface area contributed by atoms with Gasteiger partial charge in [-0.3, -0.25) is 9.69 Å². The molecule has 0 aliphatic carbocycles. The van der Waals surface area contributed by atoms with Crippen LogP contribution in [0.2, 0.25) is 5.02 Å². The number of hydrogen-bond acceptors (Lipinski definition) is 4. The number of nitrogens with zero attached hydrogens (tertiary/aromatic N) is 2. The van der Waals surface area contributed by atoms with E-state index in [0.29, 0.717) is 29.5 Å². The zero-order valence-corrected chi connectivity index (χ0v) is 15.9. The summed E-state index contributed by atoms with van der Waals surface area (Å²) in [5.74, 6) is 1.17. The van der Waals surface area contributed by atoms with Gasteiger partial charge in [0.15, 0.2) is 5.76 Å². The smallest absolute Gasteiger partial charge is 0.289 e. The van der Waals surface area contributed by atoms with Crippen LogP contribution in [0.15, 0.2) is 52.9 Å². The highest BCUT2D eigenvalue weighted by molar-refractivity contribution is 6.31. The molecule has 27 heavy (non-hydrogen) atoms. The first-order chi connectivity index (χ1) is 13.1. The fourth-order valence-electron chi connectivity index (χ4n) is 3.37. The molecule has 0 atom stereocenters. The largest absolute Gasteiger partial charge is 0.497 e. The van der Waals surface area contributed by atoms with Crippen LogP contribution in [0.5, 0.6) is 5.75 Å². The molecule has 1 amide bonds. The normalized spacial score (nSPS) is 15.3. The van der Waals surface area contributed by atoms with E-state index in [9.17, 15) is 4.79 Å². The fraction of sp³-hybridized carbons (Fsp3) is 0.286. The van der Waals surface area contributed by atoms with Crippen LogP contribution in [-0.2, 0) is 6.54 Å². The Morgan fingerprint density at radius 3 is 2.52 bits per heavy atom. The highest BCUT2D eigenvalue weighted by atomic mass is 35.5. The number of benzene rings is 2. The molecule has 0 saturated carbocycles. The van der Waals surface area contributed by atoms with Gasteiger partial charge in [0.25, 0.3) is 5.91 Å². The maximum absolute atomic E-state index is 12.8. The number of hydrogen-bond donors (Lipinski definition) is 0. The predicted molar refractivity (Wildman–Crippen MR) is 105 cm³/mol. The van der Waals surface area contributed by atoms with Crippen molar-refractivity contribution in [3.05, 3.63) is 64.9 Å². The van der Waals surface area contributed by atoms with Crippen LogP contribution in [0.3, 0.4) is 0 Å². The van der Waals surface area contributed by atoms with Crippen molar-refractivity contribution >= 4 is 28.5 Å². The molecular weight excluding hydrogens is 364 g/mol. The van der Waals surface area contributed by atoms with Gasteiger partial charge in [-0.15, -0.1) is 0 Å². The summed E-state index contributed by atoms with van der Waals surface area (Å²) < 4.78 is 10.9. The Kier molecular flexibility index (Phi) is 5.05. The number of fused-ring (bicyclic) bond motifs is 1. The SMILES string of the molecule is COc1ccc(CN2CCN(C(=O)c3cc4cc(Cl)ccc4o3)CC2)cc1. The molecule has 0 unspecified atom stereocenters. The number of methoxy groups -OCH3 is 1. The summed E-state index contributed by atoms with van der Waals surface area (Å²) in [7, 11) is 1.67. The van der Waals surface area contributed by atoms with E-state index in [1.54, 1.807) is 25.3 Å². The third kappa shape index (κ3) is 3.94. The van der Waals surface area contributed by atoms with Crippen molar-refractivity contribution in [2.45, 2.75) is 6.54 Å². The van der Waals surface area contributed by atoms with Crippen molar-refractivity contribution in [3.8, 4) is 5.75 Å². The molecule has 1 aliphatic rings. The second-order valence-electron chi connectivity index (χ2n) is 6.71. The van der Waals surface area contributed by atoms with E-state index in [1.807, 2.05) is 23.1 Å². The lowest BCUT2D eigenvalue weighted by Gasteiger charge is -2.34. The Balaban J connectivity index is 1.36. The summed E-state index contributed by atoms with van der Waals surface area (Å²) >= 11 is 6.01. The molecule has 2 heterocycles. The minimum atomic E-state index is -0.0635. The minimum absolute atomic E-state index is 0.0635. The molecule has 4 rings (SSSR count). The number of carbonyl (C=O) groups is 1. The van der Waals surface area contributed by atoms with Gasteiger partial charge in [-0.2, -0.15) is 0 Å². The van der Waals surface area contributed by atoms with Crippen molar-refractivity contribution in [1.29, 1.82) is 0 Å². The van der Waals surface area contributed by atoms with E-state index >= 15 is 0 Å². The molecule has 6 heteroatoms. The molecule has 0 radical (unpaired) electrons. The van der Waals surface area contributed by atoms with Gasteiger partial charge in [0.2, 0.25) is 0 Å². The Bertz CT molecular complexity index is 944. The standard InChI is InChI=1S/C21H21ClN2O3/c1-26-18-5-2-15(3-6-18)14-23-8-10-24(11-9-23)21(25)20-13-16-12-17(22)4-7-19(16)27-20/h2-7,12-13H,8-11,14H2,1H3. The highest BCUT2D eigenvalue weighted by Crippen LogP contribution is 2.24. The average molecular weight is 385 g/mol. The number of piperazine rings is 1. The van der Waals surface area contributed by atoms with E-state index in [4.69, 9.17) is 20.8 Å². The van der Waals surface area contributed by atoms with Crippen LogP contribution in [0.1, 0.15) is 16.1 Å². The third-order valence-corrected chi connectivity index (χ3v) is 5.15. The third-order valence-electron chi connectivity index (χ3n) is 4.91. The number of ether oxygens (including phenoxy) is 1. The summed E-state index contributed by atoms with van der Waals surface area (Å²) in [6.07, 6.45) is 0. The van der Waals surface area contributed by atoms with Gasteiger partial charge in [0.05, 0.1) is 7.11 Å². The number of carbonyl (C=O) groups excluding carboxylic acids is 1. The minimum Gasteiger partial charge on any atom is -0.497 e. The van der Waals surface area contributed by atoms with Crippen LogP contribution >= 0.6 is 11.6 Å². The van der Waals surface area contributed by atoms with Gasteiger partial charge in [-0.25, -0.2) is 0 Å². The molecule has 140 valence electrons. The molecule has 3 aromatic rings. The summed E-state index contributed by atoms with van der Waals surface area (Å²) in [6, 6.07) is 15.2. The van der Waals surface area contributed by atoms with Crippen LogP contribution in [-0.4, -0.2) is 49.0 Å². The molecule has 1 saturated heterocycles. The van der Waals surface area contributed by atoms with Crippen molar-refractivity contribution in [1.82, 2.24) is 9.80 Å². The number of rotatable bonds is 4. The van der Waals surface area contributed by atoms with Gasteiger partial charge in [-0.1, -0.05) is 23.7 Å². The lowest BCUT2D eigenvalue weighted by atomic mass is 10.2. The van der Waals surface area contributed by atoms with Crippen LogP contribution in [0.25, 0.3) is 11.0 Å². The Morgan fingerprint density at radius 1 is 1.07 bits per heavy atom. The number of amides is 1. The summed E-state index contributed by atoms with van der Waals surface area (Å²) in [4.78, 5) is 17.0. The van der Waals surface area contributed by atoms with E-state index in [0.717, 1.165) is 30.8 Å². The van der Waals surface area contributed by atoms with E-state index < -0.39 is 0 Å². The molecule has 1 aromatic heterocycles. The first kappa shape index (κ1) is 17.9. The summed E-state index contributed by atoms with van der Waals surface area (Å²) in [5, 5.41) is 1.48. The molecule has 2 aromatic carbocycles. The van der Waals surface area contributed by atoms with Gasteiger partial charge in [-0.05, 0) is 42.0 Å². The maximum atomic E-state index is 12.8. The van der Waals surface area contributed by atoms with Crippen LogP contribution in [0.4, 0.5) is 0 Å². The van der Waals surface area contributed by atoms with Crippen molar-refractivity contribution < 1.29 is 13.9 Å². The lowest BCUT2D eigenvalue weighted by molar-refractivity contribution is 0.0600. The van der Waals surface area contributed by atoms with Gasteiger partial charge in [0, 0.05) is 43.1 Å². The second-order valence-corrected chi connectivity index (χ2v) is 7.15.